The van der Waals surface area contributed by atoms with Crippen LogP contribution in [0.3, 0.4) is 0 Å². The van der Waals surface area contributed by atoms with Crippen LogP contribution in [0.25, 0.3) is 16.8 Å². The van der Waals surface area contributed by atoms with E-state index in [1.54, 1.807) is 30.5 Å². The summed E-state index contributed by atoms with van der Waals surface area (Å²) in [7, 11) is 0. The van der Waals surface area contributed by atoms with Gasteiger partial charge in [-0.05, 0) is 25.1 Å². The van der Waals surface area contributed by atoms with Gasteiger partial charge in [-0.3, -0.25) is 0 Å². The van der Waals surface area contributed by atoms with Crippen molar-refractivity contribution in [1.29, 1.82) is 0 Å². The first-order chi connectivity index (χ1) is 8.22. The van der Waals surface area contributed by atoms with E-state index in [-0.39, 0.29) is 5.82 Å². The van der Waals surface area contributed by atoms with E-state index in [0.29, 0.717) is 17.1 Å². The maximum atomic E-state index is 13.6. The summed E-state index contributed by atoms with van der Waals surface area (Å²) in [5.74, 6) is 0.220. The summed E-state index contributed by atoms with van der Waals surface area (Å²) in [6, 6.07) is 8.20. The predicted octanol–water partition coefficient (Wildman–Crippen LogP) is 3.47. The Balaban J connectivity index is 2.55. The Morgan fingerprint density at radius 2 is 2.06 bits per heavy atom. The van der Waals surface area contributed by atoms with Crippen LogP contribution >= 0.6 is 0 Å². The maximum Gasteiger partial charge on any atom is 0.163 e. The first-order valence-electron chi connectivity index (χ1n) is 5.17. The fourth-order valence-corrected chi connectivity index (χ4v) is 1.44. The lowest BCUT2D eigenvalue weighted by Crippen LogP contribution is -1.94. The molecule has 2 rings (SSSR count). The summed E-state index contributed by atoms with van der Waals surface area (Å²) in [5.41, 5.74) is 4.49. The molecule has 1 aromatic carbocycles. The third kappa shape index (κ3) is 2.30. The number of nitrogens with zero attached hydrogens (tertiary/aromatic N) is 2. The van der Waals surface area contributed by atoms with Crippen molar-refractivity contribution in [2.45, 2.75) is 6.92 Å². The molecule has 0 fully saturated rings. The highest BCUT2D eigenvalue weighted by atomic mass is 19.1. The molecule has 1 aromatic heterocycles. The summed E-state index contributed by atoms with van der Waals surface area (Å²) < 4.78 is 13.6. The molecule has 0 bridgehead atoms. The van der Waals surface area contributed by atoms with Crippen LogP contribution in [0.4, 0.5) is 4.39 Å². The molecule has 3 heteroatoms. The molecule has 2 nitrogen and oxygen atoms in total. The van der Waals surface area contributed by atoms with Crippen molar-refractivity contribution in [2.75, 3.05) is 0 Å². The van der Waals surface area contributed by atoms with Crippen LogP contribution in [0, 0.1) is 5.82 Å². The zero-order chi connectivity index (χ0) is 12.3. The number of benzene rings is 1. The monoisotopic (exact) mass is 226 g/mol. The van der Waals surface area contributed by atoms with Crippen molar-refractivity contribution in [3.8, 4) is 11.3 Å². The van der Waals surface area contributed by atoms with Gasteiger partial charge in [-0.1, -0.05) is 18.7 Å². The van der Waals surface area contributed by atoms with E-state index in [2.05, 4.69) is 22.3 Å². The summed E-state index contributed by atoms with van der Waals surface area (Å²) in [6.45, 7) is 5.35. The number of allylic oxidation sites excluding steroid dienone is 1. The van der Waals surface area contributed by atoms with Gasteiger partial charge in [0.05, 0.1) is 5.69 Å². The van der Waals surface area contributed by atoms with Crippen LogP contribution in [0.15, 0.2) is 48.8 Å². The second kappa shape index (κ2) is 4.73. The summed E-state index contributed by atoms with van der Waals surface area (Å²) in [5, 5.41) is 0. The van der Waals surface area contributed by atoms with Gasteiger partial charge < -0.3 is 0 Å². The number of aromatic nitrogens is 2. The Morgan fingerprint density at radius 3 is 2.76 bits per heavy atom. The average molecular weight is 226 g/mol. The smallest absolute Gasteiger partial charge is 0.163 e. The SMILES string of the molecule is C=C=C(C)c1nccc(-c2ccccc2F)n1. The Hall–Kier alpha value is -2.25. The maximum absolute atomic E-state index is 13.6. The molecule has 0 unspecified atom stereocenters. The lowest BCUT2D eigenvalue weighted by atomic mass is 10.1. The number of hydrogen-bond acceptors (Lipinski definition) is 2. The lowest BCUT2D eigenvalue weighted by Gasteiger charge is -2.04. The highest BCUT2D eigenvalue weighted by molar-refractivity contribution is 5.63. The fourth-order valence-electron chi connectivity index (χ4n) is 1.44. The topological polar surface area (TPSA) is 25.8 Å². The molecule has 1 heterocycles. The molecule has 0 atom stereocenters. The molecule has 0 radical (unpaired) electrons. The Kier molecular flexibility index (Phi) is 3.12. The van der Waals surface area contributed by atoms with E-state index < -0.39 is 0 Å². The van der Waals surface area contributed by atoms with E-state index in [1.165, 1.54) is 6.07 Å². The van der Waals surface area contributed by atoms with Crippen LogP contribution in [0.5, 0.6) is 0 Å². The molecule has 84 valence electrons. The van der Waals surface area contributed by atoms with Gasteiger partial charge in [0.15, 0.2) is 5.82 Å². The zero-order valence-electron chi connectivity index (χ0n) is 9.44. The van der Waals surface area contributed by atoms with Crippen LogP contribution < -0.4 is 0 Å². The molecule has 2 aromatic rings. The molecule has 0 aliphatic carbocycles. The second-order valence-electron chi connectivity index (χ2n) is 3.55. The molecule has 0 aliphatic rings. The second-order valence-corrected chi connectivity index (χ2v) is 3.55. The zero-order valence-corrected chi connectivity index (χ0v) is 9.44. The van der Waals surface area contributed by atoms with Crippen molar-refractivity contribution < 1.29 is 4.39 Å². The minimum Gasteiger partial charge on any atom is -0.236 e. The average Bonchev–Trinajstić information content (AvgIpc) is 2.38. The Bertz CT molecular complexity index is 599. The highest BCUT2D eigenvalue weighted by Crippen LogP contribution is 2.21. The predicted molar refractivity (Wildman–Crippen MR) is 65.6 cm³/mol. The van der Waals surface area contributed by atoms with Gasteiger partial charge >= 0.3 is 0 Å². The van der Waals surface area contributed by atoms with Gasteiger partial charge in [0.1, 0.15) is 5.82 Å². The van der Waals surface area contributed by atoms with E-state index in [1.807, 2.05) is 6.92 Å². The lowest BCUT2D eigenvalue weighted by molar-refractivity contribution is 0.630. The van der Waals surface area contributed by atoms with E-state index in [0.717, 1.165) is 5.57 Å². The van der Waals surface area contributed by atoms with Gasteiger partial charge in [-0.25, -0.2) is 14.4 Å². The van der Waals surface area contributed by atoms with Gasteiger partial charge in [-0.2, -0.15) is 0 Å². The normalized spacial score (nSPS) is 9.76. The molecular weight excluding hydrogens is 215 g/mol. The van der Waals surface area contributed by atoms with Gasteiger partial charge in [0, 0.05) is 17.3 Å². The molecule has 0 aliphatic heterocycles. The van der Waals surface area contributed by atoms with Crippen molar-refractivity contribution in [3.05, 3.63) is 60.5 Å². The van der Waals surface area contributed by atoms with Crippen LogP contribution in [0.1, 0.15) is 12.7 Å². The molecular formula is C14H11FN2. The summed E-state index contributed by atoms with van der Waals surface area (Å²) in [4.78, 5) is 8.38. The standard InChI is InChI=1S/C14H11FN2/c1-3-10(2)14-16-9-8-13(17-14)11-6-4-5-7-12(11)15/h4-9H,1H2,2H3. The molecule has 0 N–H and O–H groups in total. The third-order valence-corrected chi connectivity index (χ3v) is 2.41. The van der Waals surface area contributed by atoms with Crippen molar-refractivity contribution in [2.24, 2.45) is 0 Å². The largest absolute Gasteiger partial charge is 0.236 e. The van der Waals surface area contributed by atoms with Crippen molar-refractivity contribution in [3.63, 3.8) is 0 Å². The van der Waals surface area contributed by atoms with Crippen LogP contribution in [-0.2, 0) is 0 Å². The minimum absolute atomic E-state index is 0.294. The fraction of sp³-hybridized carbons (Fsp3) is 0.0714. The molecule has 0 saturated heterocycles. The Labute approximate surface area is 99.2 Å². The quantitative estimate of drug-likeness (QED) is 0.733. The van der Waals surface area contributed by atoms with Crippen molar-refractivity contribution >= 4 is 5.57 Å². The summed E-state index contributed by atoms with van der Waals surface area (Å²) >= 11 is 0. The van der Waals surface area contributed by atoms with Gasteiger partial charge in [0.2, 0.25) is 0 Å². The van der Waals surface area contributed by atoms with Gasteiger partial charge in [0.25, 0.3) is 0 Å². The molecule has 0 amide bonds. The number of hydrogen-bond donors (Lipinski definition) is 0. The van der Waals surface area contributed by atoms with Crippen LogP contribution in [-0.4, -0.2) is 9.97 Å². The third-order valence-electron chi connectivity index (χ3n) is 2.41. The van der Waals surface area contributed by atoms with E-state index in [9.17, 15) is 4.39 Å². The number of halogens is 1. The molecule has 0 spiro atoms. The highest BCUT2D eigenvalue weighted by Gasteiger charge is 2.07. The molecule has 0 saturated carbocycles. The summed E-state index contributed by atoms with van der Waals surface area (Å²) in [6.07, 6.45) is 1.60. The number of rotatable bonds is 2. The van der Waals surface area contributed by atoms with Crippen molar-refractivity contribution in [1.82, 2.24) is 9.97 Å². The Morgan fingerprint density at radius 1 is 1.29 bits per heavy atom. The minimum atomic E-state index is -0.294. The molecule has 17 heavy (non-hydrogen) atoms. The van der Waals surface area contributed by atoms with E-state index in [4.69, 9.17) is 0 Å². The van der Waals surface area contributed by atoms with Crippen LogP contribution in [0.2, 0.25) is 0 Å². The van der Waals surface area contributed by atoms with E-state index >= 15 is 0 Å². The van der Waals surface area contributed by atoms with Gasteiger partial charge in [-0.15, -0.1) is 5.73 Å². The first kappa shape index (κ1) is 11.2. The first-order valence-corrected chi connectivity index (χ1v) is 5.17.